The number of benzene rings is 1. The first-order valence-corrected chi connectivity index (χ1v) is 6.15. The molecule has 0 radical (unpaired) electrons. The van der Waals surface area contributed by atoms with Crippen molar-refractivity contribution in [1.82, 2.24) is 0 Å². The van der Waals surface area contributed by atoms with E-state index in [4.69, 9.17) is 18.9 Å². The molecule has 0 fully saturated rings. The van der Waals surface area contributed by atoms with Crippen LogP contribution in [0.2, 0.25) is 0 Å². The zero-order chi connectivity index (χ0) is 13.9. The molecule has 1 aliphatic rings. The molecule has 1 heterocycles. The van der Waals surface area contributed by atoms with Crippen LogP contribution in [0.15, 0.2) is 12.1 Å². The Bertz CT molecular complexity index is 462. The van der Waals surface area contributed by atoms with Crippen LogP contribution in [0.4, 0.5) is 0 Å². The van der Waals surface area contributed by atoms with Gasteiger partial charge in [0, 0.05) is 6.07 Å². The lowest BCUT2D eigenvalue weighted by atomic mass is 10.2. The third kappa shape index (κ3) is 3.61. The van der Waals surface area contributed by atoms with E-state index in [1.165, 1.54) is 0 Å². The summed E-state index contributed by atoms with van der Waals surface area (Å²) in [6.07, 6.45) is 0.738. The van der Waals surface area contributed by atoms with Crippen LogP contribution in [0.5, 0.6) is 17.2 Å². The number of hydrogen-bond acceptors (Lipinski definition) is 5. The van der Waals surface area contributed by atoms with Crippen LogP contribution in [-0.2, 0) is 4.74 Å². The van der Waals surface area contributed by atoms with Crippen LogP contribution in [0, 0.1) is 0 Å². The molecule has 0 spiro atoms. The quantitative estimate of drug-likeness (QED) is 0.605. The molecule has 0 aliphatic carbocycles. The predicted molar refractivity (Wildman–Crippen MR) is 69.2 cm³/mol. The van der Waals surface area contributed by atoms with Gasteiger partial charge in [-0.2, -0.15) is 0 Å². The first-order chi connectivity index (χ1) is 8.99. The standard InChI is InChI=1S/C14H18O5/c1-14(2,3)19-5-4-16-11-7-13-12(17-9-18-13)6-10(11)8-15/h6-8H,4-5,9H2,1-3H3. The Hall–Kier alpha value is -1.75. The number of fused-ring (bicyclic) bond motifs is 1. The minimum atomic E-state index is -0.203. The third-order valence-electron chi connectivity index (χ3n) is 2.51. The van der Waals surface area contributed by atoms with Crippen molar-refractivity contribution < 1.29 is 23.7 Å². The van der Waals surface area contributed by atoms with Crippen molar-refractivity contribution in [3.63, 3.8) is 0 Å². The summed E-state index contributed by atoms with van der Waals surface area (Å²) in [4.78, 5) is 11.0. The maximum Gasteiger partial charge on any atom is 0.231 e. The smallest absolute Gasteiger partial charge is 0.231 e. The molecule has 1 aromatic rings. The number of hydrogen-bond donors (Lipinski definition) is 0. The first-order valence-electron chi connectivity index (χ1n) is 6.15. The van der Waals surface area contributed by atoms with Crippen molar-refractivity contribution in [2.75, 3.05) is 20.0 Å². The highest BCUT2D eigenvalue weighted by Crippen LogP contribution is 2.37. The van der Waals surface area contributed by atoms with Crippen molar-refractivity contribution >= 4 is 6.29 Å². The van der Waals surface area contributed by atoms with Gasteiger partial charge < -0.3 is 18.9 Å². The molecule has 0 unspecified atom stereocenters. The van der Waals surface area contributed by atoms with Gasteiger partial charge in [-0.3, -0.25) is 4.79 Å². The molecule has 19 heavy (non-hydrogen) atoms. The van der Waals surface area contributed by atoms with E-state index in [-0.39, 0.29) is 12.4 Å². The van der Waals surface area contributed by atoms with Gasteiger partial charge in [0.1, 0.15) is 12.4 Å². The summed E-state index contributed by atoms with van der Waals surface area (Å²) in [7, 11) is 0. The molecule has 0 atom stereocenters. The molecule has 5 nitrogen and oxygen atoms in total. The van der Waals surface area contributed by atoms with Crippen molar-refractivity contribution in [3.05, 3.63) is 17.7 Å². The second-order valence-corrected chi connectivity index (χ2v) is 5.17. The number of aldehydes is 1. The van der Waals surface area contributed by atoms with Crippen molar-refractivity contribution in [1.29, 1.82) is 0 Å². The topological polar surface area (TPSA) is 54.0 Å². The van der Waals surface area contributed by atoms with Gasteiger partial charge in [-0.1, -0.05) is 0 Å². The lowest BCUT2D eigenvalue weighted by Gasteiger charge is -2.19. The summed E-state index contributed by atoms with van der Waals surface area (Å²) >= 11 is 0. The van der Waals surface area contributed by atoms with Crippen LogP contribution >= 0.6 is 0 Å². The maximum absolute atomic E-state index is 11.0. The fraction of sp³-hybridized carbons (Fsp3) is 0.500. The first kappa shape index (κ1) is 13.7. The minimum absolute atomic E-state index is 0.171. The monoisotopic (exact) mass is 266 g/mol. The number of carbonyl (C=O) groups is 1. The Morgan fingerprint density at radius 1 is 1.21 bits per heavy atom. The summed E-state index contributed by atoms with van der Waals surface area (Å²) in [6, 6.07) is 3.29. The van der Waals surface area contributed by atoms with Crippen LogP contribution in [0.3, 0.4) is 0 Å². The summed E-state index contributed by atoms with van der Waals surface area (Å²) in [5.74, 6) is 1.65. The average molecular weight is 266 g/mol. The number of rotatable bonds is 5. The second kappa shape index (κ2) is 5.48. The van der Waals surface area contributed by atoms with Gasteiger partial charge in [-0.25, -0.2) is 0 Å². The molecule has 5 heteroatoms. The second-order valence-electron chi connectivity index (χ2n) is 5.17. The lowest BCUT2D eigenvalue weighted by Crippen LogP contribution is -2.22. The van der Waals surface area contributed by atoms with E-state index in [0.29, 0.717) is 36.0 Å². The van der Waals surface area contributed by atoms with E-state index in [1.807, 2.05) is 20.8 Å². The van der Waals surface area contributed by atoms with Crippen LogP contribution in [0.1, 0.15) is 31.1 Å². The maximum atomic E-state index is 11.0. The van der Waals surface area contributed by atoms with Gasteiger partial charge in [-0.15, -0.1) is 0 Å². The van der Waals surface area contributed by atoms with Crippen molar-refractivity contribution in [3.8, 4) is 17.2 Å². The van der Waals surface area contributed by atoms with E-state index in [9.17, 15) is 4.79 Å². The van der Waals surface area contributed by atoms with Gasteiger partial charge in [0.25, 0.3) is 0 Å². The zero-order valence-corrected chi connectivity index (χ0v) is 11.4. The van der Waals surface area contributed by atoms with Gasteiger partial charge in [0.05, 0.1) is 17.8 Å². The Labute approximate surface area is 112 Å². The number of carbonyl (C=O) groups excluding carboxylic acids is 1. The molecule has 2 rings (SSSR count). The molecule has 0 N–H and O–H groups in total. The number of ether oxygens (including phenoxy) is 4. The largest absolute Gasteiger partial charge is 0.490 e. The Balaban J connectivity index is 1.98. The van der Waals surface area contributed by atoms with Gasteiger partial charge in [0.15, 0.2) is 17.8 Å². The summed E-state index contributed by atoms with van der Waals surface area (Å²) < 4.78 is 21.6. The molecule has 0 saturated heterocycles. The molecule has 0 saturated carbocycles. The molecule has 1 aliphatic heterocycles. The molecule has 1 aromatic carbocycles. The van der Waals surface area contributed by atoms with Crippen LogP contribution < -0.4 is 14.2 Å². The van der Waals surface area contributed by atoms with E-state index >= 15 is 0 Å². The fourth-order valence-electron chi connectivity index (χ4n) is 1.66. The Kier molecular flexibility index (Phi) is 3.95. The van der Waals surface area contributed by atoms with Gasteiger partial charge in [-0.05, 0) is 26.8 Å². The minimum Gasteiger partial charge on any atom is -0.490 e. The van der Waals surface area contributed by atoms with E-state index in [1.54, 1.807) is 12.1 Å². The highest BCUT2D eigenvalue weighted by Gasteiger charge is 2.18. The molecular formula is C14H18O5. The summed E-state index contributed by atoms with van der Waals surface area (Å²) in [6.45, 7) is 6.93. The molecule has 0 amide bonds. The Morgan fingerprint density at radius 2 is 1.89 bits per heavy atom. The average Bonchev–Trinajstić information content (AvgIpc) is 2.79. The molecule has 104 valence electrons. The van der Waals surface area contributed by atoms with Gasteiger partial charge >= 0.3 is 0 Å². The highest BCUT2D eigenvalue weighted by molar-refractivity contribution is 5.81. The summed E-state index contributed by atoms with van der Waals surface area (Å²) in [5.41, 5.74) is 0.242. The van der Waals surface area contributed by atoms with Crippen LogP contribution in [0.25, 0.3) is 0 Å². The molecule has 0 aromatic heterocycles. The normalized spacial score (nSPS) is 13.4. The van der Waals surface area contributed by atoms with Crippen molar-refractivity contribution in [2.24, 2.45) is 0 Å². The molecule has 0 bridgehead atoms. The van der Waals surface area contributed by atoms with E-state index < -0.39 is 0 Å². The SMILES string of the molecule is CC(C)(C)OCCOc1cc2c(cc1C=O)OCO2. The summed E-state index contributed by atoms with van der Waals surface area (Å²) in [5, 5.41) is 0. The third-order valence-corrected chi connectivity index (χ3v) is 2.51. The van der Waals surface area contributed by atoms with E-state index in [2.05, 4.69) is 0 Å². The lowest BCUT2D eigenvalue weighted by molar-refractivity contribution is -0.0163. The molecular weight excluding hydrogens is 248 g/mol. The predicted octanol–water partition coefficient (Wildman–Crippen LogP) is 2.42. The van der Waals surface area contributed by atoms with E-state index in [0.717, 1.165) is 6.29 Å². The Morgan fingerprint density at radius 3 is 2.53 bits per heavy atom. The van der Waals surface area contributed by atoms with Gasteiger partial charge in [0.2, 0.25) is 6.79 Å². The van der Waals surface area contributed by atoms with Crippen LogP contribution in [-0.4, -0.2) is 31.9 Å². The van der Waals surface area contributed by atoms with Crippen molar-refractivity contribution in [2.45, 2.75) is 26.4 Å². The zero-order valence-electron chi connectivity index (χ0n) is 11.4. The fourth-order valence-corrected chi connectivity index (χ4v) is 1.66. The highest BCUT2D eigenvalue weighted by atomic mass is 16.7.